The van der Waals surface area contributed by atoms with Gasteiger partial charge >= 0.3 is 6.18 Å². The number of ether oxygens (including phenoxy) is 1. The molecule has 1 aromatic heterocycles. The topological polar surface area (TPSA) is 82.2 Å². The second-order valence-electron chi connectivity index (χ2n) is 4.72. The Balaban J connectivity index is 2.15. The summed E-state index contributed by atoms with van der Waals surface area (Å²) in [6.45, 7) is 0.0617. The van der Waals surface area contributed by atoms with Gasteiger partial charge in [-0.2, -0.15) is 18.3 Å². The molecule has 0 aliphatic heterocycles. The maximum atomic E-state index is 12.8. The zero-order valence-electron chi connectivity index (χ0n) is 12.2. The van der Waals surface area contributed by atoms with Gasteiger partial charge in [0.1, 0.15) is 11.7 Å². The molecule has 23 heavy (non-hydrogen) atoms. The van der Waals surface area contributed by atoms with E-state index in [9.17, 15) is 18.0 Å². The Morgan fingerprint density at radius 1 is 1.35 bits per heavy atom. The number of halogens is 3. The lowest BCUT2D eigenvalue weighted by Crippen LogP contribution is -2.39. The number of benzene rings is 1. The van der Waals surface area contributed by atoms with Crippen LogP contribution in [0.25, 0.3) is 5.69 Å². The largest absolute Gasteiger partial charge is 0.433 e. The highest BCUT2D eigenvalue weighted by Gasteiger charge is 2.35. The van der Waals surface area contributed by atoms with Crippen molar-refractivity contribution in [2.45, 2.75) is 12.2 Å². The van der Waals surface area contributed by atoms with Crippen LogP contribution in [-0.4, -0.2) is 35.4 Å². The third kappa shape index (κ3) is 4.08. The van der Waals surface area contributed by atoms with E-state index in [4.69, 9.17) is 10.5 Å². The molecule has 9 heteroatoms. The van der Waals surface area contributed by atoms with Crippen LogP contribution in [0.5, 0.6) is 0 Å². The van der Waals surface area contributed by atoms with Crippen LogP contribution in [0.1, 0.15) is 5.69 Å². The number of aromatic nitrogens is 2. The van der Waals surface area contributed by atoms with Gasteiger partial charge in [-0.15, -0.1) is 0 Å². The van der Waals surface area contributed by atoms with Gasteiger partial charge in [0.15, 0.2) is 0 Å². The summed E-state index contributed by atoms with van der Waals surface area (Å²) < 4.78 is 44.1. The lowest BCUT2D eigenvalue weighted by atomic mass is 10.2. The smallest absolute Gasteiger partial charge is 0.383 e. The number of hydrogen-bond donors (Lipinski definition) is 2. The van der Waals surface area contributed by atoms with Gasteiger partial charge in [0.2, 0.25) is 5.91 Å². The van der Waals surface area contributed by atoms with E-state index in [1.54, 1.807) is 0 Å². The number of amides is 1. The molecule has 1 amide bonds. The second-order valence-corrected chi connectivity index (χ2v) is 4.72. The van der Waals surface area contributed by atoms with Crippen LogP contribution in [0.2, 0.25) is 0 Å². The molecule has 6 nitrogen and oxygen atoms in total. The first-order valence-corrected chi connectivity index (χ1v) is 6.60. The van der Waals surface area contributed by atoms with Gasteiger partial charge in [-0.3, -0.25) is 4.79 Å². The zero-order valence-corrected chi connectivity index (χ0v) is 12.2. The maximum absolute atomic E-state index is 12.8. The van der Waals surface area contributed by atoms with E-state index in [1.807, 2.05) is 0 Å². The SMILES string of the molecule is COCC(N)C(=O)Nc1ccc(-n2nccc2C(F)(F)F)cc1. The Labute approximate surface area is 130 Å². The normalized spacial score (nSPS) is 12.9. The number of hydrogen-bond acceptors (Lipinski definition) is 4. The monoisotopic (exact) mass is 328 g/mol. The minimum atomic E-state index is -4.50. The average Bonchev–Trinajstić information content (AvgIpc) is 2.98. The summed E-state index contributed by atoms with van der Waals surface area (Å²) in [4.78, 5) is 11.7. The van der Waals surface area contributed by atoms with Crippen LogP contribution < -0.4 is 11.1 Å². The lowest BCUT2D eigenvalue weighted by molar-refractivity contribution is -0.142. The minimum absolute atomic E-state index is 0.0617. The Hall–Kier alpha value is -2.39. The van der Waals surface area contributed by atoms with Crippen molar-refractivity contribution in [2.75, 3.05) is 19.0 Å². The Morgan fingerprint density at radius 3 is 2.57 bits per heavy atom. The van der Waals surface area contributed by atoms with Crippen molar-refractivity contribution in [2.24, 2.45) is 5.73 Å². The van der Waals surface area contributed by atoms with Crippen LogP contribution in [0.15, 0.2) is 36.5 Å². The molecule has 1 unspecified atom stereocenters. The molecule has 0 fully saturated rings. The minimum Gasteiger partial charge on any atom is -0.383 e. The van der Waals surface area contributed by atoms with Crippen molar-refractivity contribution >= 4 is 11.6 Å². The first-order valence-electron chi connectivity index (χ1n) is 6.60. The van der Waals surface area contributed by atoms with Crippen molar-refractivity contribution in [1.82, 2.24) is 9.78 Å². The third-order valence-corrected chi connectivity index (χ3v) is 3.00. The average molecular weight is 328 g/mol. The molecular formula is C14H15F3N4O2. The summed E-state index contributed by atoms with van der Waals surface area (Å²) in [6, 6.07) is 5.82. The highest BCUT2D eigenvalue weighted by Crippen LogP contribution is 2.30. The predicted octanol–water partition coefficient (Wildman–Crippen LogP) is 1.80. The number of methoxy groups -OCH3 is 1. The van der Waals surface area contributed by atoms with Crippen molar-refractivity contribution in [3.05, 3.63) is 42.2 Å². The van der Waals surface area contributed by atoms with Gasteiger partial charge in [-0.25, -0.2) is 4.68 Å². The maximum Gasteiger partial charge on any atom is 0.433 e. The second kappa shape index (κ2) is 6.80. The zero-order chi connectivity index (χ0) is 17.0. The standard InChI is InChI=1S/C14H15F3N4O2/c1-23-8-11(18)13(22)20-9-2-4-10(5-3-9)21-12(6-7-19-21)14(15,16)17/h2-7,11H,8,18H2,1H3,(H,20,22). The van der Waals surface area contributed by atoms with E-state index in [2.05, 4.69) is 10.4 Å². The van der Waals surface area contributed by atoms with E-state index in [0.717, 1.165) is 16.9 Å². The summed E-state index contributed by atoms with van der Waals surface area (Å²) in [5, 5.41) is 6.22. The summed E-state index contributed by atoms with van der Waals surface area (Å²) >= 11 is 0. The first-order chi connectivity index (χ1) is 10.8. The number of alkyl halides is 3. The van der Waals surface area contributed by atoms with Crippen LogP contribution in [0.4, 0.5) is 18.9 Å². The van der Waals surface area contributed by atoms with E-state index in [0.29, 0.717) is 5.69 Å². The van der Waals surface area contributed by atoms with Gasteiger partial charge in [-0.1, -0.05) is 0 Å². The van der Waals surface area contributed by atoms with Gasteiger partial charge in [0.25, 0.3) is 0 Å². The number of carbonyl (C=O) groups is 1. The molecule has 0 bridgehead atoms. The third-order valence-electron chi connectivity index (χ3n) is 3.00. The number of nitrogens with zero attached hydrogens (tertiary/aromatic N) is 2. The summed E-state index contributed by atoms with van der Waals surface area (Å²) in [7, 11) is 1.42. The van der Waals surface area contributed by atoms with Crippen LogP contribution in [-0.2, 0) is 15.7 Å². The van der Waals surface area contributed by atoms with Gasteiger partial charge < -0.3 is 15.8 Å². The molecule has 0 saturated carbocycles. The molecule has 2 aromatic rings. The Morgan fingerprint density at radius 2 is 2.00 bits per heavy atom. The molecule has 0 aliphatic carbocycles. The lowest BCUT2D eigenvalue weighted by Gasteiger charge is -2.13. The highest BCUT2D eigenvalue weighted by molar-refractivity contribution is 5.94. The molecule has 0 radical (unpaired) electrons. The van der Waals surface area contributed by atoms with Crippen molar-refractivity contribution in [1.29, 1.82) is 0 Å². The molecular weight excluding hydrogens is 313 g/mol. The summed E-state index contributed by atoms with van der Waals surface area (Å²) in [6.07, 6.45) is -3.43. The van der Waals surface area contributed by atoms with E-state index in [1.165, 1.54) is 31.4 Å². The fourth-order valence-corrected chi connectivity index (χ4v) is 1.90. The Kier molecular flexibility index (Phi) is 5.02. The molecule has 1 atom stereocenters. The van der Waals surface area contributed by atoms with Crippen LogP contribution in [0, 0.1) is 0 Å². The first kappa shape index (κ1) is 17.0. The van der Waals surface area contributed by atoms with E-state index < -0.39 is 23.8 Å². The van der Waals surface area contributed by atoms with Crippen LogP contribution >= 0.6 is 0 Å². The fraction of sp³-hybridized carbons (Fsp3) is 0.286. The fourth-order valence-electron chi connectivity index (χ4n) is 1.90. The molecule has 2 rings (SSSR count). The van der Waals surface area contributed by atoms with Crippen molar-refractivity contribution in [3.63, 3.8) is 0 Å². The quantitative estimate of drug-likeness (QED) is 0.877. The van der Waals surface area contributed by atoms with Crippen molar-refractivity contribution < 1.29 is 22.7 Å². The van der Waals surface area contributed by atoms with Crippen LogP contribution in [0.3, 0.4) is 0 Å². The number of carbonyl (C=O) groups excluding carboxylic acids is 1. The summed E-state index contributed by atoms with van der Waals surface area (Å²) in [5.74, 6) is -0.449. The van der Waals surface area contributed by atoms with Crippen molar-refractivity contribution in [3.8, 4) is 5.69 Å². The molecule has 0 saturated heterocycles. The highest BCUT2D eigenvalue weighted by atomic mass is 19.4. The van der Waals surface area contributed by atoms with Gasteiger partial charge in [0.05, 0.1) is 18.5 Å². The molecule has 1 aromatic carbocycles. The van der Waals surface area contributed by atoms with Gasteiger partial charge in [0, 0.05) is 12.8 Å². The number of nitrogens with one attached hydrogen (secondary N) is 1. The van der Waals surface area contributed by atoms with Gasteiger partial charge in [-0.05, 0) is 30.3 Å². The molecule has 0 aliphatic rings. The van der Waals surface area contributed by atoms with E-state index >= 15 is 0 Å². The summed E-state index contributed by atoms with van der Waals surface area (Å²) in [5.41, 5.74) is 5.33. The molecule has 3 N–H and O–H groups in total. The number of anilines is 1. The molecule has 124 valence electrons. The Bertz CT molecular complexity index is 667. The number of rotatable bonds is 5. The van der Waals surface area contributed by atoms with E-state index in [-0.39, 0.29) is 12.3 Å². The molecule has 1 heterocycles. The molecule has 0 spiro atoms. The predicted molar refractivity (Wildman–Crippen MR) is 77.0 cm³/mol. The number of nitrogens with two attached hydrogens (primary N) is 1.